The van der Waals surface area contributed by atoms with Gasteiger partial charge in [-0.1, -0.05) is 12.1 Å². The third kappa shape index (κ3) is 6.66. The van der Waals surface area contributed by atoms with E-state index in [9.17, 15) is 8.42 Å². The molecule has 0 saturated carbocycles. The van der Waals surface area contributed by atoms with Crippen LogP contribution < -0.4 is 10.0 Å². The zero-order valence-corrected chi connectivity index (χ0v) is 11.0. The topological polar surface area (TPSA) is 58.2 Å². The molecule has 16 heavy (non-hydrogen) atoms. The Morgan fingerprint density at radius 2 is 1.94 bits per heavy atom. The lowest BCUT2D eigenvalue weighted by Crippen LogP contribution is -2.27. The van der Waals surface area contributed by atoms with Crippen LogP contribution in [0.3, 0.4) is 0 Å². The monoisotopic (exact) mass is 264 g/mol. The van der Waals surface area contributed by atoms with Gasteiger partial charge in [0.05, 0.1) is 6.26 Å². The fraction of sp³-hybridized carbons (Fsp3) is 0.400. The van der Waals surface area contributed by atoms with Gasteiger partial charge in [0.15, 0.2) is 0 Å². The van der Waals surface area contributed by atoms with E-state index in [4.69, 9.17) is 0 Å². The van der Waals surface area contributed by atoms with Gasteiger partial charge < -0.3 is 5.32 Å². The smallest absolute Gasteiger partial charge is 0.208 e. The number of rotatable bonds is 5. The average molecular weight is 265 g/mol. The van der Waals surface area contributed by atoms with Gasteiger partial charge in [0.1, 0.15) is 0 Å². The van der Waals surface area contributed by atoms with E-state index in [2.05, 4.69) is 10.0 Å². The lowest BCUT2D eigenvalue weighted by Gasteiger charge is -2.07. The highest BCUT2D eigenvalue weighted by atomic mass is 35.5. The molecule has 0 aliphatic carbocycles. The van der Waals surface area contributed by atoms with Crippen LogP contribution in [0.2, 0.25) is 0 Å². The van der Waals surface area contributed by atoms with Crippen molar-refractivity contribution in [3.05, 3.63) is 29.8 Å². The molecule has 0 fully saturated rings. The lowest BCUT2D eigenvalue weighted by molar-refractivity contribution is 0.589. The van der Waals surface area contributed by atoms with E-state index in [1.807, 2.05) is 31.2 Å². The Hall–Kier alpha value is -0.780. The van der Waals surface area contributed by atoms with Gasteiger partial charge >= 0.3 is 0 Å². The third-order valence-corrected chi connectivity index (χ3v) is 2.56. The highest BCUT2D eigenvalue weighted by Crippen LogP contribution is 2.08. The fourth-order valence-corrected chi connectivity index (χ4v) is 1.67. The zero-order valence-electron chi connectivity index (χ0n) is 9.36. The number of halogens is 1. The molecule has 0 bridgehead atoms. The van der Waals surface area contributed by atoms with E-state index in [-0.39, 0.29) is 12.4 Å². The van der Waals surface area contributed by atoms with Crippen molar-refractivity contribution in [1.29, 1.82) is 0 Å². The van der Waals surface area contributed by atoms with Gasteiger partial charge in [0, 0.05) is 18.8 Å². The summed E-state index contributed by atoms with van der Waals surface area (Å²) in [7, 11) is -3.08. The van der Waals surface area contributed by atoms with Crippen molar-refractivity contribution in [2.24, 2.45) is 0 Å². The van der Waals surface area contributed by atoms with Crippen molar-refractivity contribution >= 4 is 28.1 Å². The minimum absolute atomic E-state index is 0. The number of aryl methyl sites for hydroxylation is 1. The second kappa shape index (κ2) is 6.73. The second-order valence-corrected chi connectivity index (χ2v) is 5.30. The molecule has 0 spiro atoms. The maximum absolute atomic E-state index is 10.8. The molecular weight excluding hydrogens is 248 g/mol. The Labute approximate surface area is 103 Å². The number of sulfonamides is 1. The van der Waals surface area contributed by atoms with Gasteiger partial charge in [0.25, 0.3) is 0 Å². The van der Waals surface area contributed by atoms with Crippen LogP contribution in [0.25, 0.3) is 0 Å². The Kier molecular flexibility index (Phi) is 6.40. The lowest BCUT2D eigenvalue weighted by atomic mass is 10.2. The predicted octanol–water partition coefficient (Wildman–Crippen LogP) is 1.38. The summed E-state index contributed by atoms with van der Waals surface area (Å²) < 4.78 is 23.9. The summed E-state index contributed by atoms with van der Waals surface area (Å²) in [6.45, 7) is 2.99. The summed E-state index contributed by atoms with van der Waals surface area (Å²) in [4.78, 5) is 0. The van der Waals surface area contributed by atoms with Crippen molar-refractivity contribution in [1.82, 2.24) is 4.72 Å². The first-order valence-electron chi connectivity index (χ1n) is 4.72. The molecular formula is C10H17ClN2O2S. The largest absolute Gasteiger partial charge is 0.384 e. The second-order valence-electron chi connectivity index (χ2n) is 3.46. The van der Waals surface area contributed by atoms with E-state index in [1.54, 1.807) is 0 Å². The summed E-state index contributed by atoms with van der Waals surface area (Å²) in [5.41, 5.74) is 2.18. The van der Waals surface area contributed by atoms with Crippen LogP contribution in [0, 0.1) is 6.92 Å². The van der Waals surface area contributed by atoms with Gasteiger partial charge in [-0.25, -0.2) is 13.1 Å². The highest BCUT2D eigenvalue weighted by molar-refractivity contribution is 7.88. The highest BCUT2D eigenvalue weighted by Gasteiger charge is 1.98. The van der Waals surface area contributed by atoms with Crippen LogP contribution in [0.1, 0.15) is 5.56 Å². The van der Waals surface area contributed by atoms with Crippen LogP contribution >= 0.6 is 12.4 Å². The van der Waals surface area contributed by atoms with Crippen LogP contribution in [0.5, 0.6) is 0 Å². The third-order valence-electron chi connectivity index (χ3n) is 1.84. The quantitative estimate of drug-likeness (QED) is 0.790. The molecule has 0 heterocycles. The van der Waals surface area contributed by atoms with Crippen LogP contribution in [0.15, 0.2) is 24.3 Å². The number of hydrogen-bond acceptors (Lipinski definition) is 3. The maximum Gasteiger partial charge on any atom is 0.208 e. The first kappa shape index (κ1) is 15.2. The van der Waals surface area contributed by atoms with E-state index in [0.29, 0.717) is 13.1 Å². The maximum atomic E-state index is 10.8. The molecule has 0 radical (unpaired) electrons. The Balaban J connectivity index is 0.00000225. The Morgan fingerprint density at radius 3 is 2.50 bits per heavy atom. The number of benzene rings is 1. The average Bonchev–Trinajstić information content (AvgIpc) is 2.11. The molecule has 0 aliphatic rings. The summed E-state index contributed by atoms with van der Waals surface area (Å²) in [6, 6.07) is 7.94. The SMILES string of the molecule is Cc1cccc(NCCNS(C)(=O)=O)c1.Cl. The van der Waals surface area contributed by atoms with E-state index in [1.165, 1.54) is 5.56 Å². The Bertz CT molecular complexity index is 421. The standard InChI is InChI=1S/C10H16N2O2S.ClH/c1-9-4-3-5-10(8-9)11-6-7-12-15(2,13)14;/h3-5,8,11-12H,6-7H2,1-2H3;1H. The van der Waals surface area contributed by atoms with E-state index < -0.39 is 10.0 Å². The molecule has 1 rings (SSSR count). The molecule has 6 heteroatoms. The van der Waals surface area contributed by atoms with Gasteiger partial charge in [-0.15, -0.1) is 12.4 Å². The van der Waals surface area contributed by atoms with E-state index in [0.717, 1.165) is 11.9 Å². The minimum Gasteiger partial charge on any atom is -0.384 e. The molecule has 0 amide bonds. The fourth-order valence-electron chi connectivity index (χ4n) is 1.20. The van der Waals surface area contributed by atoms with Gasteiger partial charge in [-0.2, -0.15) is 0 Å². The van der Waals surface area contributed by atoms with Crippen molar-refractivity contribution in [2.45, 2.75) is 6.92 Å². The predicted molar refractivity (Wildman–Crippen MR) is 69.8 cm³/mol. The van der Waals surface area contributed by atoms with Crippen molar-refractivity contribution in [2.75, 3.05) is 24.7 Å². The molecule has 2 N–H and O–H groups in total. The van der Waals surface area contributed by atoms with Crippen molar-refractivity contribution in [3.8, 4) is 0 Å². The van der Waals surface area contributed by atoms with Crippen LogP contribution in [0.4, 0.5) is 5.69 Å². The van der Waals surface area contributed by atoms with Crippen molar-refractivity contribution in [3.63, 3.8) is 0 Å². The number of anilines is 1. The summed E-state index contributed by atoms with van der Waals surface area (Å²) in [6.07, 6.45) is 1.15. The van der Waals surface area contributed by atoms with Gasteiger partial charge in [-0.3, -0.25) is 0 Å². The molecule has 0 aromatic heterocycles. The molecule has 1 aromatic carbocycles. The van der Waals surface area contributed by atoms with E-state index >= 15 is 0 Å². The number of hydrogen-bond donors (Lipinski definition) is 2. The normalized spacial score (nSPS) is 10.6. The van der Waals surface area contributed by atoms with Crippen LogP contribution in [-0.2, 0) is 10.0 Å². The molecule has 4 nitrogen and oxygen atoms in total. The van der Waals surface area contributed by atoms with Crippen LogP contribution in [-0.4, -0.2) is 27.8 Å². The first-order valence-corrected chi connectivity index (χ1v) is 6.62. The molecule has 1 aromatic rings. The van der Waals surface area contributed by atoms with Gasteiger partial charge in [-0.05, 0) is 24.6 Å². The molecule has 0 aliphatic heterocycles. The molecule has 0 unspecified atom stereocenters. The van der Waals surface area contributed by atoms with Crippen molar-refractivity contribution < 1.29 is 8.42 Å². The minimum atomic E-state index is -3.08. The summed E-state index contributed by atoms with van der Waals surface area (Å²) >= 11 is 0. The molecule has 0 atom stereocenters. The summed E-state index contributed by atoms with van der Waals surface area (Å²) in [5, 5.41) is 3.13. The first-order chi connectivity index (χ1) is 6.97. The van der Waals surface area contributed by atoms with Gasteiger partial charge in [0.2, 0.25) is 10.0 Å². The summed E-state index contributed by atoms with van der Waals surface area (Å²) in [5.74, 6) is 0. The Morgan fingerprint density at radius 1 is 1.25 bits per heavy atom. The number of nitrogens with one attached hydrogen (secondary N) is 2. The molecule has 0 saturated heterocycles. The molecule has 92 valence electrons. The zero-order chi connectivity index (χ0) is 11.3.